The molecule has 1 aromatic carbocycles. The van der Waals surface area contributed by atoms with Crippen LogP contribution in [0.5, 0.6) is 5.75 Å². The maximum absolute atomic E-state index is 10.9. The average molecular weight is 172 g/mol. The van der Waals surface area contributed by atoms with Crippen LogP contribution >= 0.6 is 0 Å². The molecule has 0 spiro atoms. The van der Waals surface area contributed by atoms with E-state index in [9.17, 15) is 4.79 Å². The van der Waals surface area contributed by atoms with Crippen molar-refractivity contribution >= 4 is 5.97 Å². The number of benzene rings is 1. The van der Waals surface area contributed by atoms with E-state index in [2.05, 4.69) is 0 Å². The minimum Gasteiger partial charge on any atom is -0.426 e. The Morgan fingerprint density at radius 1 is 1.15 bits per heavy atom. The summed E-state index contributed by atoms with van der Waals surface area (Å²) in [5.74, 6) is 0.333. The predicted octanol–water partition coefficient (Wildman–Crippen LogP) is 1.66. The Morgan fingerprint density at radius 2 is 1.85 bits per heavy atom. The summed E-state index contributed by atoms with van der Waals surface area (Å²) in [5, 5.41) is 0. The lowest BCUT2D eigenvalue weighted by Crippen LogP contribution is -2.16. The van der Waals surface area contributed by atoms with Gasteiger partial charge in [0.05, 0.1) is 6.42 Å². The molecule has 64 valence electrons. The second-order valence-electron chi connectivity index (χ2n) is 3.06. The highest BCUT2D eigenvalue weighted by molar-refractivity contribution is 5.75. The molecule has 13 heavy (non-hydrogen) atoms. The number of esters is 1. The molecule has 0 fully saturated rings. The number of rotatable bonds is 0. The standard InChI is InChI=1S/C11H8O2/c1-7-5-9-3-4-11(12)13-10(9)6-8(7)2/h1-2,5-6H,3-4H2. The summed E-state index contributed by atoms with van der Waals surface area (Å²) < 4.78 is 4.99. The van der Waals surface area contributed by atoms with E-state index in [4.69, 9.17) is 18.6 Å². The molecule has 2 rings (SSSR count). The number of hydrogen-bond donors (Lipinski definition) is 0. The van der Waals surface area contributed by atoms with Gasteiger partial charge in [-0.2, -0.15) is 0 Å². The number of carbonyl (C=O) groups excluding carboxylic acids is 1. The van der Waals surface area contributed by atoms with Gasteiger partial charge in [0.2, 0.25) is 0 Å². The average Bonchev–Trinajstić information content (AvgIpc) is 2.08. The van der Waals surface area contributed by atoms with E-state index in [0.29, 0.717) is 29.7 Å². The van der Waals surface area contributed by atoms with E-state index >= 15 is 0 Å². The van der Waals surface area contributed by atoms with E-state index < -0.39 is 0 Å². The smallest absolute Gasteiger partial charge is 0.311 e. The van der Waals surface area contributed by atoms with Crippen molar-refractivity contribution in [3.8, 4) is 5.75 Å². The highest BCUT2D eigenvalue weighted by atomic mass is 16.5. The van der Waals surface area contributed by atoms with E-state index in [1.165, 1.54) is 0 Å². The molecule has 0 unspecified atom stereocenters. The molecule has 0 aromatic heterocycles. The maximum atomic E-state index is 10.9. The van der Waals surface area contributed by atoms with Crippen LogP contribution in [0.4, 0.5) is 0 Å². The summed E-state index contributed by atoms with van der Waals surface area (Å²) >= 11 is 0. The van der Waals surface area contributed by atoms with Gasteiger partial charge in [-0.05, 0) is 43.0 Å². The molecule has 0 amide bonds. The van der Waals surface area contributed by atoms with Crippen molar-refractivity contribution in [2.45, 2.75) is 12.8 Å². The Hall–Kier alpha value is -1.31. The van der Waals surface area contributed by atoms with Gasteiger partial charge in [-0.25, -0.2) is 0 Å². The second-order valence-corrected chi connectivity index (χ2v) is 3.06. The number of fused-ring (bicyclic) bond motifs is 1. The van der Waals surface area contributed by atoms with Gasteiger partial charge in [-0.15, -0.1) is 0 Å². The molecule has 0 saturated carbocycles. The van der Waals surface area contributed by atoms with E-state index in [-0.39, 0.29) is 5.97 Å². The molecule has 2 heteroatoms. The van der Waals surface area contributed by atoms with Crippen LogP contribution in [0.1, 0.15) is 23.1 Å². The zero-order valence-electron chi connectivity index (χ0n) is 7.04. The normalized spacial score (nSPS) is 15.1. The summed E-state index contributed by atoms with van der Waals surface area (Å²) in [6.07, 6.45) is 1.09. The quantitative estimate of drug-likeness (QED) is 0.439. The fourth-order valence-electron chi connectivity index (χ4n) is 1.36. The fourth-order valence-corrected chi connectivity index (χ4v) is 1.36. The Kier molecular flexibility index (Phi) is 1.83. The van der Waals surface area contributed by atoms with Gasteiger partial charge in [0.1, 0.15) is 5.75 Å². The first-order valence-electron chi connectivity index (χ1n) is 4.05. The van der Waals surface area contributed by atoms with Gasteiger partial charge in [-0.3, -0.25) is 4.79 Å². The SMILES string of the molecule is [CH]c1cc2c(cc1[CH])OC(=O)CC2. The van der Waals surface area contributed by atoms with Gasteiger partial charge < -0.3 is 4.74 Å². The number of aryl methyl sites for hydroxylation is 1. The molecule has 0 bridgehead atoms. The van der Waals surface area contributed by atoms with Crippen molar-refractivity contribution in [1.29, 1.82) is 0 Å². The molecule has 4 radical (unpaired) electrons. The lowest BCUT2D eigenvalue weighted by atomic mass is 10.0. The van der Waals surface area contributed by atoms with Crippen molar-refractivity contribution in [1.82, 2.24) is 0 Å². The highest BCUT2D eigenvalue weighted by Gasteiger charge is 2.17. The van der Waals surface area contributed by atoms with Crippen LogP contribution in [-0.2, 0) is 11.2 Å². The lowest BCUT2D eigenvalue weighted by Gasteiger charge is -2.16. The molecule has 0 N–H and O–H groups in total. The molecule has 1 aromatic rings. The van der Waals surface area contributed by atoms with Gasteiger partial charge in [0, 0.05) is 0 Å². The molecule has 1 aliphatic rings. The van der Waals surface area contributed by atoms with Gasteiger partial charge >= 0.3 is 5.97 Å². The molecule has 1 aliphatic heterocycles. The van der Waals surface area contributed by atoms with Crippen LogP contribution in [0.3, 0.4) is 0 Å². The molecule has 0 aliphatic carbocycles. The zero-order chi connectivity index (χ0) is 9.42. The predicted molar refractivity (Wildman–Crippen MR) is 47.2 cm³/mol. The number of ether oxygens (including phenoxy) is 1. The fraction of sp³-hybridized carbons (Fsp3) is 0.182. The second kappa shape index (κ2) is 2.87. The van der Waals surface area contributed by atoms with Crippen LogP contribution in [0.2, 0.25) is 0 Å². The largest absolute Gasteiger partial charge is 0.426 e. The van der Waals surface area contributed by atoms with Crippen molar-refractivity contribution < 1.29 is 9.53 Å². The summed E-state index contributed by atoms with van der Waals surface area (Å²) in [4.78, 5) is 10.9. The lowest BCUT2D eigenvalue weighted by molar-refractivity contribution is -0.135. The van der Waals surface area contributed by atoms with Crippen LogP contribution in [0.25, 0.3) is 0 Å². The Bertz CT molecular complexity index is 367. The third kappa shape index (κ3) is 1.44. The summed E-state index contributed by atoms with van der Waals surface area (Å²) in [6, 6.07) is 3.36. The van der Waals surface area contributed by atoms with Gasteiger partial charge in [-0.1, -0.05) is 6.07 Å². The first kappa shape index (κ1) is 8.30. The monoisotopic (exact) mass is 172 g/mol. The third-order valence-electron chi connectivity index (χ3n) is 2.09. The van der Waals surface area contributed by atoms with Crippen LogP contribution < -0.4 is 4.74 Å². The van der Waals surface area contributed by atoms with Crippen LogP contribution in [0, 0.1) is 13.8 Å². The Balaban J connectivity index is 2.49. The first-order valence-corrected chi connectivity index (χ1v) is 4.05. The topological polar surface area (TPSA) is 26.3 Å². The third-order valence-corrected chi connectivity index (χ3v) is 2.09. The molecule has 0 atom stereocenters. The van der Waals surface area contributed by atoms with E-state index in [0.717, 1.165) is 5.56 Å². The molecular weight excluding hydrogens is 164 g/mol. The maximum Gasteiger partial charge on any atom is 0.311 e. The van der Waals surface area contributed by atoms with Gasteiger partial charge in [0.15, 0.2) is 0 Å². The van der Waals surface area contributed by atoms with E-state index in [1.807, 2.05) is 0 Å². The van der Waals surface area contributed by atoms with Crippen LogP contribution in [-0.4, -0.2) is 5.97 Å². The van der Waals surface area contributed by atoms with E-state index in [1.54, 1.807) is 12.1 Å². The number of hydrogen-bond acceptors (Lipinski definition) is 2. The van der Waals surface area contributed by atoms with Crippen molar-refractivity contribution in [2.75, 3.05) is 0 Å². The summed E-state index contributed by atoms with van der Waals surface area (Å²) in [7, 11) is 0. The summed E-state index contributed by atoms with van der Waals surface area (Å²) in [5.41, 5.74) is 1.94. The zero-order valence-corrected chi connectivity index (χ0v) is 7.04. The first-order chi connectivity index (χ1) is 6.16. The molecule has 2 nitrogen and oxygen atoms in total. The summed E-state index contributed by atoms with van der Waals surface area (Å²) in [6.45, 7) is 11.2. The molecule has 0 saturated heterocycles. The Labute approximate surface area is 77.5 Å². The number of carbonyl (C=O) groups is 1. The minimum absolute atomic E-state index is 0.211. The van der Waals surface area contributed by atoms with Crippen LogP contribution in [0.15, 0.2) is 12.1 Å². The Morgan fingerprint density at radius 3 is 2.62 bits per heavy atom. The highest BCUT2D eigenvalue weighted by Crippen LogP contribution is 2.28. The van der Waals surface area contributed by atoms with Crippen molar-refractivity contribution in [2.24, 2.45) is 0 Å². The molecule has 1 heterocycles. The molecular formula is C11H8O2. The van der Waals surface area contributed by atoms with Gasteiger partial charge in [0.25, 0.3) is 0 Å². The van der Waals surface area contributed by atoms with Crippen molar-refractivity contribution in [3.05, 3.63) is 42.7 Å². The van der Waals surface area contributed by atoms with Crippen molar-refractivity contribution in [3.63, 3.8) is 0 Å². The minimum atomic E-state index is -0.211.